The smallest absolute Gasteiger partial charge is 0.315 e. The fourth-order valence-electron chi connectivity index (χ4n) is 2.50. The molecule has 0 unspecified atom stereocenters. The summed E-state index contributed by atoms with van der Waals surface area (Å²) in [5, 5.41) is 0. The van der Waals surface area contributed by atoms with E-state index in [2.05, 4.69) is 4.99 Å². The van der Waals surface area contributed by atoms with E-state index in [1.165, 1.54) is 17.6 Å². The third-order valence-electron chi connectivity index (χ3n) is 3.56. The van der Waals surface area contributed by atoms with Crippen molar-refractivity contribution >= 4 is 27.5 Å². The molecule has 0 fully saturated rings. The molecule has 7 heteroatoms. The Morgan fingerprint density at radius 3 is 2.84 bits per heavy atom. The van der Waals surface area contributed by atoms with Crippen molar-refractivity contribution < 1.29 is 18.7 Å². The van der Waals surface area contributed by atoms with Crippen molar-refractivity contribution in [1.29, 1.82) is 0 Å². The monoisotopic (exact) mass is 360 g/mol. The zero-order valence-electron chi connectivity index (χ0n) is 14.2. The summed E-state index contributed by atoms with van der Waals surface area (Å²) in [5.74, 6) is 0.596. The summed E-state index contributed by atoms with van der Waals surface area (Å²) in [6.45, 7) is 6.22. The predicted molar refractivity (Wildman–Crippen MR) is 96.1 cm³/mol. The van der Waals surface area contributed by atoms with Crippen LogP contribution in [0.25, 0.3) is 10.2 Å². The molecule has 132 valence electrons. The van der Waals surface area contributed by atoms with Gasteiger partial charge in [0.05, 0.1) is 24.2 Å². The highest BCUT2D eigenvalue weighted by Gasteiger charge is 2.14. The van der Waals surface area contributed by atoms with Crippen LogP contribution >= 0.6 is 11.3 Å². The van der Waals surface area contributed by atoms with Crippen molar-refractivity contribution in [2.45, 2.75) is 20.4 Å². The van der Waals surface area contributed by atoms with Gasteiger partial charge in [-0.05, 0) is 38.1 Å². The van der Waals surface area contributed by atoms with Crippen molar-refractivity contribution in [3.63, 3.8) is 0 Å². The van der Waals surface area contributed by atoms with Gasteiger partial charge in [-0.3, -0.25) is 4.79 Å². The number of carbonyl (C=O) groups is 1. The lowest BCUT2D eigenvalue weighted by atomic mass is 10.3. The standard InChI is InChI=1S/C18H20N2O4S/c1-3-22-12-10-20-16-13(23-4-2)7-5-9-15(16)25-18(20)19-17(21)14-8-6-11-24-14/h5-9,11H,3-4,10,12H2,1-2H3. The fourth-order valence-corrected chi connectivity index (χ4v) is 3.58. The second-order valence-electron chi connectivity index (χ2n) is 5.16. The second-order valence-corrected chi connectivity index (χ2v) is 6.17. The number of ether oxygens (including phenoxy) is 2. The number of nitrogens with zero attached hydrogens (tertiary/aromatic N) is 2. The lowest BCUT2D eigenvalue weighted by Crippen LogP contribution is -2.20. The lowest BCUT2D eigenvalue weighted by molar-refractivity contribution is 0.0970. The third kappa shape index (κ3) is 3.83. The van der Waals surface area contributed by atoms with E-state index < -0.39 is 5.91 Å². The van der Waals surface area contributed by atoms with Crippen LogP contribution in [0.15, 0.2) is 46.0 Å². The first-order valence-corrected chi connectivity index (χ1v) is 9.01. The van der Waals surface area contributed by atoms with Crippen molar-refractivity contribution in [3.05, 3.63) is 47.2 Å². The Morgan fingerprint density at radius 2 is 2.12 bits per heavy atom. The van der Waals surface area contributed by atoms with Gasteiger partial charge in [-0.15, -0.1) is 0 Å². The molecule has 0 bridgehead atoms. The van der Waals surface area contributed by atoms with Gasteiger partial charge in [-0.1, -0.05) is 17.4 Å². The highest BCUT2D eigenvalue weighted by molar-refractivity contribution is 7.16. The lowest BCUT2D eigenvalue weighted by Gasteiger charge is -2.09. The van der Waals surface area contributed by atoms with E-state index in [-0.39, 0.29) is 5.76 Å². The van der Waals surface area contributed by atoms with E-state index in [1.807, 2.05) is 36.6 Å². The van der Waals surface area contributed by atoms with Crippen molar-refractivity contribution in [2.24, 2.45) is 4.99 Å². The summed E-state index contributed by atoms with van der Waals surface area (Å²) in [7, 11) is 0. The molecule has 6 nitrogen and oxygen atoms in total. The number of carbonyl (C=O) groups excluding carboxylic acids is 1. The molecule has 0 atom stereocenters. The molecule has 2 aromatic heterocycles. The number of para-hydroxylation sites is 1. The average Bonchev–Trinajstić information content (AvgIpc) is 3.24. The normalized spacial score (nSPS) is 12.0. The molecule has 0 saturated carbocycles. The molecule has 0 aliphatic rings. The Morgan fingerprint density at radius 1 is 1.24 bits per heavy atom. The Kier molecular flexibility index (Phi) is 5.67. The maximum atomic E-state index is 12.3. The Hall–Kier alpha value is -2.38. The van der Waals surface area contributed by atoms with E-state index in [1.54, 1.807) is 12.1 Å². The van der Waals surface area contributed by atoms with Crippen molar-refractivity contribution in [1.82, 2.24) is 4.57 Å². The average molecular weight is 360 g/mol. The SMILES string of the molecule is CCOCCn1c(=NC(=O)c2ccco2)sc2cccc(OCC)c21. The molecular formula is C18H20N2O4S. The van der Waals surface area contributed by atoms with Gasteiger partial charge in [0.25, 0.3) is 0 Å². The topological polar surface area (TPSA) is 66.0 Å². The van der Waals surface area contributed by atoms with E-state index in [9.17, 15) is 4.79 Å². The molecule has 0 aliphatic carbocycles. The van der Waals surface area contributed by atoms with E-state index in [0.29, 0.717) is 31.2 Å². The molecule has 1 aromatic carbocycles. The zero-order chi connectivity index (χ0) is 17.6. The number of hydrogen-bond acceptors (Lipinski definition) is 5. The Labute approximate surface area is 149 Å². The van der Waals surface area contributed by atoms with Crippen LogP contribution < -0.4 is 9.54 Å². The first-order chi connectivity index (χ1) is 12.2. The van der Waals surface area contributed by atoms with Crippen LogP contribution in [0.3, 0.4) is 0 Å². The van der Waals surface area contributed by atoms with Crippen LogP contribution in [0.1, 0.15) is 24.4 Å². The molecular weight excluding hydrogens is 340 g/mol. The summed E-state index contributed by atoms with van der Waals surface area (Å²) in [6, 6.07) is 9.14. The van der Waals surface area contributed by atoms with Crippen LogP contribution in [0.5, 0.6) is 5.75 Å². The molecule has 2 heterocycles. The number of rotatable bonds is 7. The van der Waals surface area contributed by atoms with Crippen LogP contribution in [0, 0.1) is 0 Å². The summed E-state index contributed by atoms with van der Waals surface area (Å²) in [4.78, 5) is 17.2. The number of thiazole rings is 1. The first-order valence-electron chi connectivity index (χ1n) is 8.20. The minimum atomic E-state index is -0.403. The molecule has 0 radical (unpaired) electrons. The van der Waals surface area contributed by atoms with Gasteiger partial charge in [-0.2, -0.15) is 4.99 Å². The summed E-state index contributed by atoms with van der Waals surface area (Å²) < 4.78 is 19.4. The molecule has 1 amide bonds. The van der Waals surface area contributed by atoms with Gasteiger partial charge in [0.2, 0.25) is 0 Å². The van der Waals surface area contributed by atoms with Crippen molar-refractivity contribution in [2.75, 3.05) is 19.8 Å². The van der Waals surface area contributed by atoms with E-state index in [4.69, 9.17) is 13.9 Å². The van der Waals surface area contributed by atoms with Gasteiger partial charge in [0, 0.05) is 13.2 Å². The largest absolute Gasteiger partial charge is 0.492 e. The number of fused-ring (bicyclic) bond motifs is 1. The second kappa shape index (κ2) is 8.13. The number of amides is 1. The van der Waals surface area contributed by atoms with E-state index in [0.717, 1.165) is 16.0 Å². The summed E-state index contributed by atoms with van der Waals surface area (Å²) in [6.07, 6.45) is 1.46. The highest BCUT2D eigenvalue weighted by Crippen LogP contribution is 2.27. The van der Waals surface area contributed by atoms with Crippen LogP contribution in [-0.4, -0.2) is 30.3 Å². The minimum absolute atomic E-state index is 0.221. The summed E-state index contributed by atoms with van der Waals surface area (Å²) >= 11 is 1.45. The number of aromatic nitrogens is 1. The number of furan rings is 1. The van der Waals surface area contributed by atoms with Gasteiger partial charge < -0.3 is 18.5 Å². The maximum Gasteiger partial charge on any atom is 0.315 e. The zero-order valence-corrected chi connectivity index (χ0v) is 15.0. The number of hydrogen-bond donors (Lipinski definition) is 0. The van der Waals surface area contributed by atoms with Crippen LogP contribution in [-0.2, 0) is 11.3 Å². The number of benzene rings is 1. The van der Waals surface area contributed by atoms with Crippen LogP contribution in [0.2, 0.25) is 0 Å². The Balaban J connectivity index is 2.11. The van der Waals surface area contributed by atoms with Gasteiger partial charge >= 0.3 is 5.91 Å². The quantitative estimate of drug-likeness (QED) is 0.605. The maximum absolute atomic E-state index is 12.3. The molecule has 0 saturated heterocycles. The highest BCUT2D eigenvalue weighted by atomic mass is 32.1. The molecule has 0 spiro atoms. The fraction of sp³-hybridized carbons (Fsp3) is 0.333. The van der Waals surface area contributed by atoms with Gasteiger partial charge in [0.1, 0.15) is 11.3 Å². The Bertz CT molecular complexity index is 909. The van der Waals surface area contributed by atoms with Gasteiger partial charge in [-0.25, -0.2) is 0 Å². The van der Waals surface area contributed by atoms with Gasteiger partial charge in [0.15, 0.2) is 10.6 Å². The summed E-state index contributed by atoms with van der Waals surface area (Å²) in [5.41, 5.74) is 0.931. The van der Waals surface area contributed by atoms with Crippen LogP contribution in [0.4, 0.5) is 0 Å². The molecule has 0 N–H and O–H groups in total. The molecule has 3 rings (SSSR count). The first kappa shape index (κ1) is 17.4. The third-order valence-corrected chi connectivity index (χ3v) is 4.60. The molecule has 3 aromatic rings. The molecule has 0 aliphatic heterocycles. The predicted octanol–water partition coefficient (Wildman–Crippen LogP) is 3.47. The van der Waals surface area contributed by atoms with Crippen molar-refractivity contribution in [3.8, 4) is 5.75 Å². The minimum Gasteiger partial charge on any atom is -0.492 e. The molecule has 25 heavy (non-hydrogen) atoms. The van der Waals surface area contributed by atoms with E-state index >= 15 is 0 Å².